The highest BCUT2D eigenvalue weighted by Gasteiger charge is 2.23. The number of hydrogen-bond acceptors (Lipinski definition) is 3. The Labute approximate surface area is 123 Å². The number of carbonyl (C=O) groups is 1. The fourth-order valence-corrected chi connectivity index (χ4v) is 3.31. The van der Waals surface area contributed by atoms with Crippen LogP contribution in [0.25, 0.3) is 0 Å². The van der Waals surface area contributed by atoms with Gasteiger partial charge in [-0.1, -0.05) is 11.6 Å². The SMILES string of the molecule is O=C(NC1C=CS(=O)(=O)C1)c1ccc(I)c(Cl)c1. The van der Waals surface area contributed by atoms with E-state index in [0.717, 1.165) is 8.98 Å². The van der Waals surface area contributed by atoms with Crippen LogP contribution in [0, 0.1) is 3.57 Å². The lowest BCUT2D eigenvalue weighted by Gasteiger charge is -2.10. The number of halogens is 2. The molecular weight excluding hydrogens is 389 g/mol. The molecule has 4 nitrogen and oxygen atoms in total. The Bertz CT molecular complexity index is 627. The van der Waals surface area contributed by atoms with Gasteiger partial charge >= 0.3 is 0 Å². The summed E-state index contributed by atoms with van der Waals surface area (Å²) in [5, 5.41) is 4.25. The molecule has 1 aromatic carbocycles. The molecule has 1 N–H and O–H groups in total. The van der Waals surface area contributed by atoms with E-state index in [-0.39, 0.29) is 11.7 Å². The maximum absolute atomic E-state index is 11.9. The van der Waals surface area contributed by atoms with Gasteiger partial charge in [0.15, 0.2) is 9.84 Å². The van der Waals surface area contributed by atoms with E-state index in [1.54, 1.807) is 18.2 Å². The Kier molecular flexibility index (Phi) is 3.98. The molecule has 96 valence electrons. The zero-order valence-corrected chi connectivity index (χ0v) is 12.8. The fourth-order valence-electron chi connectivity index (χ4n) is 1.55. The van der Waals surface area contributed by atoms with Crippen LogP contribution in [0.3, 0.4) is 0 Å². The van der Waals surface area contributed by atoms with Gasteiger partial charge in [-0.25, -0.2) is 8.42 Å². The average Bonchev–Trinajstić information content (AvgIpc) is 2.62. The zero-order chi connectivity index (χ0) is 13.3. The Balaban J connectivity index is 2.09. The average molecular weight is 398 g/mol. The molecule has 1 amide bonds. The summed E-state index contributed by atoms with van der Waals surface area (Å²) in [7, 11) is -3.16. The first-order valence-electron chi connectivity index (χ1n) is 5.04. The maximum atomic E-state index is 11.9. The van der Waals surface area contributed by atoms with Crippen molar-refractivity contribution < 1.29 is 13.2 Å². The van der Waals surface area contributed by atoms with E-state index in [4.69, 9.17) is 11.6 Å². The highest BCUT2D eigenvalue weighted by molar-refractivity contribution is 14.1. The first-order chi connectivity index (χ1) is 8.37. The molecule has 1 unspecified atom stereocenters. The summed E-state index contributed by atoms with van der Waals surface area (Å²) in [5.74, 6) is -0.420. The summed E-state index contributed by atoms with van der Waals surface area (Å²) >= 11 is 7.99. The van der Waals surface area contributed by atoms with E-state index in [2.05, 4.69) is 27.9 Å². The van der Waals surface area contributed by atoms with Crippen LogP contribution in [0.1, 0.15) is 10.4 Å². The molecule has 1 heterocycles. The van der Waals surface area contributed by atoms with Gasteiger partial charge in [-0.3, -0.25) is 4.79 Å². The number of nitrogens with one attached hydrogen (secondary N) is 1. The van der Waals surface area contributed by atoms with E-state index >= 15 is 0 Å². The molecule has 0 fully saturated rings. The van der Waals surface area contributed by atoms with E-state index in [9.17, 15) is 13.2 Å². The third-order valence-electron chi connectivity index (χ3n) is 2.43. The largest absolute Gasteiger partial charge is 0.345 e. The van der Waals surface area contributed by atoms with Gasteiger partial charge in [-0.15, -0.1) is 0 Å². The van der Waals surface area contributed by atoms with Gasteiger partial charge in [0.2, 0.25) is 0 Å². The van der Waals surface area contributed by atoms with Crippen LogP contribution < -0.4 is 5.32 Å². The summed E-state index contributed by atoms with van der Waals surface area (Å²) < 4.78 is 23.3. The molecule has 2 rings (SSSR count). The first kappa shape index (κ1) is 13.8. The van der Waals surface area contributed by atoms with Crippen LogP contribution in [0.5, 0.6) is 0 Å². The molecule has 1 aliphatic rings. The lowest BCUT2D eigenvalue weighted by Crippen LogP contribution is -2.35. The third kappa shape index (κ3) is 3.24. The van der Waals surface area contributed by atoms with Gasteiger partial charge < -0.3 is 5.32 Å². The number of sulfone groups is 1. The van der Waals surface area contributed by atoms with Gasteiger partial charge in [0, 0.05) is 14.5 Å². The van der Waals surface area contributed by atoms with Crippen LogP contribution in [-0.2, 0) is 9.84 Å². The number of hydrogen-bond donors (Lipinski definition) is 1. The van der Waals surface area contributed by atoms with Crippen molar-refractivity contribution in [1.29, 1.82) is 0 Å². The molecule has 0 saturated heterocycles. The van der Waals surface area contributed by atoms with E-state index in [1.165, 1.54) is 6.08 Å². The van der Waals surface area contributed by atoms with Crippen LogP contribution >= 0.6 is 34.2 Å². The number of carbonyl (C=O) groups excluding carboxylic acids is 1. The Morgan fingerprint density at radius 3 is 2.72 bits per heavy atom. The molecule has 1 aromatic rings. The molecule has 1 atom stereocenters. The van der Waals surface area contributed by atoms with Crippen molar-refractivity contribution in [1.82, 2.24) is 5.32 Å². The van der Waals surface area contributed by atoms with Crippen molar-refractivity contribution in [3.05, 3.63) is 43.8 Å². The predicted molar refractivity (Wildman–Crippen MR) is 78.4 cm³/mol. The van der Waals surface area contributed by atoms with Gasteiger partial charge in [0.05, 0.1) is 16.8 Å². The summed E-state index contributed by atoms with van der Waals surface area (Å²) in [6.07, 6.45) is 1.47. The molecule has 0 aromatic heterocycles. The topological polar surface area (TPSA) is 63.2 Å². The van der Waals surface area contributed by atoms with Gasteiger partial charge in [0.1, 0.15) is 0 Å². The standard InChI is InChI=1S/C11H9ClINO3S/c12-9-5-7(1-2-10(9)13)11(15)14-8-3-4-18(16,17)6-8/h1-5,8H,6H2,(H,14,15). The molecule has 7 heteroatoms. The molecule has 1 aliphatic heterocycles. The van der Waals surface area contributed by atoms with Gasteiger partial charge in [0.25, 0.3) is 5.91 Å². The minimum absolute atomic E-state index is 0.0865. The van der Waals surface area contributed by atoms with Crippen molar-refractivity contribution in [3.63, 3.8) is 0 Å². The van der Waals surface area contributed by atoms with Crippen molar-refractivity contribution in [2.24, 2.45) is 0 Å². The summed E-state index contributed by atoms with van der Waals surface area (Å²) in [5.41, 5.74) is 0.415. The fraction of sp³-hybridized carbons (Fsp3) is 0.182. The van der Waals surface area contributed by atoms with E-state index in [1.807, 2.05) is 0 Å². The first-order valence-corrected chi connectivity index (χ1v) is 8.21. The summed E-state index contributed by atoms with van der Waals surface area (Å²) in [6.45, 7) is 0. The molecule has 0 bridgehead atoms. The highest BCUT2D eigenvalue weighted by Crippen LogP contribution is 2.19. The second kappa shape index (κ2) is 5.18. The van der Waals surface area contributed by atoms with Gasteiger partial charge in [-0.05, 0) is 46.9 Å². The third-order valence-corrected chi connectivity index (χ3v) is 5.40. The number of amides is 1. The molecule has 0 saturated carbocycles. The van der Waals surface area contributed by atoms with E-state index in [0.29, 0.717) is 10.6 Å². The lowest BCUT2D eigenvalue weighted by atomic mass is 10.2. The van der Waals surface area contributed by atoms with Crippen molar-refractivity contribution in [2.75, 3.05) is 5.75 Å². The van der Waals surface area contributed by atoms with Crippen LogP contribution in [0.4, 0.5) is 0 Å². The second-order valence-electron chi connectivity index (χ2n) is 3.87. The minimum atomic E-state index is -3.16. The zero-order valence-electron chi connectivity index (χ0n) is 9.06. The molecule has 0 radical (unpaired) electrons. The minimum Gasteiger partial charge on any atom is -0.345 e. The maximum Gasteiger partial charge on any atom is 0.251 e. The number of benzene rings is 1. The normalized spacial score (nSPS) is 20.9. The van der Waals surface area contributed by atoms with Crippen LogP contribution in [-0.4, -0.2) is 26.1 Å². The molecule has 0 spiro atoms. The monoisotopic (exact) mass is 397 g/mol. The van der Waals surface area contributed by atoms with Crippen LogP contribution in [0.15, 0.2) is 29.7 Å². The Morgan fingerprint density at radius 2 is 2.17 bits per heavy atom. The van der Waals surface area contributed by atoms with Gasteiger partial charge in [-0.2, -0.15) is 0 Å². The predicted octanol–water partition coefficient (Wildman–Crippen LogP) is 1.99. The van der Waals surface area contributed by atoms with Crippen LogP contribution in [0.2, 0.25) is 5.02 Å². The highest BCUT2D eigenvalue weighted by atomic mass is 127. The molecule has 18 heavy (non-hydrogen) atoms. The quantitative estimate of drug-likeness (QED) is 0.776. The van der Waals surface area contributed by atoms with Crippen molar-refractivity contribution in [3.8, 4) is 0 Å². The van der Waals surface area contributed by atoms with E-state index < -0.39 is 15.9 Å². The Hall–Kier alpha value is -0.600. The van der Waals surface area contributed by atoms with Crippen molar-refractivity contribution in [2.45, 2.75) is 6.04 Å². The summed E-state index contributed by atoms with van der Waals surface area (Å²) in [6, 6.07) is 4.47. The summed E-state index contributed by atoms with van der Waals surface area (Å²) in [4.78, 5) is 11.9. The van der Waals surface area contributed by atoms with Crippen molar-refractivity contribution >= 4 is 49.9 Å². The second-order valence-corrected chi connectivity index (χ2v) is 7.37. The lowest BCUT2D eigenvalue weighted by molar-refractivity contribution is 0.0947. The number of rotatable bonds is 2. The smallest absolute Gasteiger partial charge is 0.251 e. The Morgan fingerprint density at radius 1 is 1.44 bits per heavy atom. The molecular formula is C11H9ClINO3S. The molecule has 0 aliphatic carbocycles.